The first kappa shape index (κ1) is 32.0. The third-order valence-electron chi connectivity index (χ3n) is 10.3. The van der Waals surface area contributed by atoms with E-state index in [2.05, 4.69) is 63.2 Å². The second-order valence-electron chi connectivity index (χ2n) is 14.4. The number of nitrogens with one attached hydrogen (secondary N) is 1. The molecular weight excluding hydrogens is 474 g/mol. The Kier molecular flexibility index (Phi) is 12.1. The van der Waals surface area contributed by atoms with Gasteiger partial charge in [0.25, 0.3) is 0 Å². The Morgan fingerprint density at radius 2 is 1.61 bits per heavy atom. The Morgan fingerprint density at radius 3 is 2.21 bits per heavy atom. The molecule has 3 rings (SSSR count). The lowest BCUT2D eigenvalue weighted by atomic mass is 9.63. The first-order valence-corrected chi connectivity index (χ1v) is 15.8. The van der Waals surface area contributed by atoms with Crippen molar-refractivity contribution in [3.63, 3.8) is 0 Å². The summed E-state index contributed by atoms with van der Waals surface area (Å²) < 4.78 is 0. The van der Waals surface area contributed by atoms with Gasteiger partial charge in [0, 0.05) is 38.3 Å². The van der Waals surface area contributed by atoms with E-state index in [9.17, 15) is 15.3 Å². The summed E-state index contributed by atoms with van der Waals surface area (Å²) in [6.07, 6.45) is 10.0. The lowest BCUT2D eigenvalue weighted by molar-refractivity contribution is -0.0966. The molecule has 0 aromatic heterocycles. The third kappa shape index (κ3) is 8.75. The average molecular weight is 536 g/mol. The van der Waals surface area contributed by atoms with Crippen LogP contribution >= 0.6 is 0 Å². The zero-order valence-corrected chi connectivity index (χ0v) is 25.5. The number of hydrogen-bond donors (Lipinski definition) is 4. The number of aliphatic hydroxyl groups excluding tert-OH is 3. The van der Waals surface area contributed by atoms with Crippen molar-refractivity contribution in [1.82, 2.24) is 15.1 Å². The molecule has 4 N–H and O–H groups in total. The van der Waals surface area contributed by atoms with E-state index in [1.165, 1.54) is 38.2 Å². The summed E-state index contributed by atoms with van der Waals surface area (Å²) in [6, 6.07) is 0.341. The Morgan fingerprint density at radius 1 is 0.947 bits per heavy atom. The van der Waals surface area contributed by atoms with Crippen LogP contribution in [0.5, 0.6) is 0 Å². The van der Waals surface area contributed by atoms with Gasteiger partial charge in [-0.1, -0.05) is 53.5 Å². The molecule has 3 aliphatic rings. The quantitative estimate of drug-likeness (QED) is 0.253. The fourth-order valence-corrected chi connectivity index (χ4v) is 7.90. The van der Waals surface area contributed by atoms with E-state index in [-0.39, 0.29) is 11.5 Å². The van der Waals surface area contributed by atoms with Gasteiger partial charge in [0.15, 0.2) is 0 Å². The number of rotatable bonds is 13. The van der Waals surface area contributed by atoms with Crippen LogP contribution in [0, 0.1) is 35.0 Å². The van der Waals surface area contributed by atoms with Gasteiger partial charge in [-0.25, -0.2) is 0 Å². The van der Waals surface area contributed by atoms with Crippen molar-refractivity contribution < 1.29 is 15.3 Å². The molecule has 0 spiro atoms. The summed E-state index contributed by atoms with van der Waals surface area (Å²) in [5, 5.41) is 35.7. The smallest absolute Gasteiger partial charge is 0.123 e. The van der Waals surface area contributed by atoms with Gasteiger partial charge in [-0.2, -0.15) is 0 Å². The monoisotopic (exact) mass is 535 g/mol. The number of piperidine rings is 1. The van der Waals surface area contributed by atoms with Gasteiger partial charge in [0.2, 0.25) is 0 Å². The molecule has 0 radical (unpaired) electrons. The fourth-order valence-electron chi connectivity index (χ4n) is 7.90. The molecule has 6 heteroatoms. The van der Waals surface area contributed by atoms with Gasteiger partial charge in [-0.05, 0) is 86.9 Å². The minimum absolute atomic E-state index is 0.0383. The zero-order valence-electron chi connectivity index (χ0n) is 25.5. The molecule has 2 saturated heterocycles. The lowest BCUT2D eigenvalue weighted by Gasteiger charge is -2.51. The van der Waals surface area contributed by atoms with Crippen LogP contribution in [0.2, 0.25) is 0 Å². The van der Waals surface area contributed by atoms with Crippen molar-refractivity contribution >= 4 is 0 Å². The first-order chi connectivity index (χ1) is 17.9. The minimum atomic E-state index is -0.542. The highest BCUT2D eigenvalue weighted by Crippen LogP contribution is 2.46. The molecule has 7 atom stereocenters. The van der Waals surface area contributed by atoms with E-state index in [1.807, 2.05) is 0 Å². The second-order valence-corrected chi connectivity index (χ2v) is 14.4. The normalized spacial score (nSPS) is 33.1. The minimum Gasteiger partial charge on any atom is -0.389 e. The van der Waals surface area contributed by atoms with E-state index in [0.29, 0.717) is 30.7 Å². The van der Waals surface area contributed by atoms with Crippen LogP contribution in [0.1, 0.15) is 99.3 Å². The summed E-state index contributed by atoms with van der Waals surface area (Å²) in [7, 11) is 0. The van der Waals surface area contributed by atoms with Crippen molar-refractivity contribution in [2.75, 3.05) is 26.2 Å². The Labute approximate surface area is 234 Å². The second kappa shape index (κ2) is 14.4. The highest BCUT2D eigenvalue weighted by Gasteiger charge is 2.43. The molecule has 0 aromatic carbocycles. The van der Waals surface area contributed by atoms with E-state index < -0.39 is 18.6 Å². The number of hydrogen-bond acceptors (Lipinski definition) is 6. The highest BCUT2D eigenvalue weighted by molar-refractivity contribution is 4.95. The third-order valence-corrected chi connectivity index (χ3v) is 10.3. The van der Waals surface area contributed by atoms with Crippen LogP contribution in [0.3, 0.4) is 0 Å². The largest absolute Gasteiger partial charge is 0.389 e. The van der Waals surface area contributed by atoms with Crippen molar-refractivity contribution in [3.05, 3.63) is 12.7 Å². The number of aliphatic hydroxyl groups is 3. The van der Waals surface area contributed by atoms with Crippen LogP contribution in [-0.4, -0.2) is 81.9 Å². The fraction of sp³-hybridized carbons (Fsp3) is 0.938. The zero-order chi connectivity index (χ0) is 28.0. The summed E-state index contributed by atoms with van der Waals surface area (Å²) in [5.74, 6) is 3.39. The SMILES string of the molecule is C=CC(O)CCC(O)N1CCC(CC(C)N[C@H](C(C)C)C(O)N2CCC(C3CCC(C)CC3)C(C)(C)C2)C1. The topological polar surface area (TPSA) is 79.2 Å². The lowest BCUT2D eigenvalue weighted by Crippen LogP contribution is -2.59. The van der Waals surface area contributed by atoms with E-state index >= 15 is 0 Å². The van der Waals surface area contributed by atoms with Gasteiger partial charge in [-0.3, -0.25) is 9.80 Å². The predicted octanol–water partition coefficient (Wildman–Crippen LogP) is 4.84. The summed E-state index contributed by atoms with van der Waals surface area (Å²) >= 11 is 0. The maximum atomic E-state index is 11.6. The van der Waals surface area contributed by atoms with Gasteiger partial charge in [0.1, 0.15) is 12.5 Å². The van der Waals surface area contributed by atoms with Crippen LogP contribution in [-0.2, 0) is 0 Å². The molecule has 38 heavy (non-hydrogen) atoms. The van der Waals surface area contributed by atoms with Gasteiger partial charge < -0.3 is 20.6 Å². The first-order valence-electron chi connectivity index (χ1n) is 15.8. The average Bonchev–Trinajstić information content (AvgIpc) is 3.33. The summed E-state index contributed by atoms with van der Waals surface area (Å²) in [6.45, 7) is 21.4. The molecule has 6 nitrogen and oxygen atoms in total. The van der Waals surface area contributed by atoms with Gasteiger partial charge in [-0.15, -0.1) is 6.58 Å². The molecular formula is C32H61N3O3. The van der Waals surface area contributed by atoms with Crippen LogP contribution in [0.4, 0.5) is 0 Å². The van der Waals surface area contributed by atoms with Crippen LogP contribution in [0.15, 0.2) is 12.7 Å². The van der Waals surface area contributed by atoms with E-state index in [1.54, 1.807) is 0 Å². The highest BCUT2D eigenvalue weighted by atomic mass is 16.3. The van der Waals surface area contributed by atoms with Crippen LogP contribution in [0.25, 0.3) is 0 Å². The Hall–Kier alpha value is -0.500. The van der Waals surface area contributed by atoms with Crippen molar-refractivity contribution in [2.24, 2.45) is 35.0 Å². The molecule has 6 unspecified atom stereocenters. The molecule has 0 bridgehead atoms. The molecule has 0 aromatic rings. The van der Waals surface area contributed by atoms with Crippen molar-refractivity contribution in [1.29, 1.82) is 0 Å². The van der Waals surface area contributed by atoms with E-state index in [0.717, 1.165) is 56.8 Å². The summed E-state index contributed by atoms with van der Waals surface area (Å²) in [5.41, 5.74) is 0.230. The Bertz CT molecular complexity index is 708. The van der Waals surface area contributed by atoms with Gasteiger partial charge in [0.05, 0.1) is 6.10 Å². The van der Waals surface area contributed by atoms with E-state index in [4.69, 9.17) is 0 Å². The number of likely N-dealkylation sites (tertiary alicyclic amines) is 2. The molecule has 2 heterocycles. The maximum Gasteiger partial charge on any atom is 0.123 e. The molecule has 3 fully saturated rings. The standard InChI is InChI=1S/C32H61N3O3/c1-8-27(36)13-14-29(37)34-17-15-25(20-34)19-24(5)33-30(22(2)3)31(38)35-18-16-28(32(6,7)21-35)26-11-9-23(4)10-12-26/h8,22-31,33,36-38H,1,9-21H2,2-7H3/t23?,24?,25?,26?,27?,28?,29?,30-,31?/m1/s1. The molecule has 1 aliphatic carbocycles. The molecule has 2 aliphatic heterocycles. The van der Waals surface area contributed by atoms with Crippen LogP contribution < -0.4 is 5.32 Å². The molecule has 0 amide bonds. The number of nitrogens with zero attached hydrogens (tertiary/aromatic N) is 2. The van der Waals surface area contributed by atoms with Gasteiger partial charge >= 0.3 is 0 Å². The molecule has 222 valence electrons. The van der Waals surface area contributed by atoms with Crippen molar-refractivity contribution in [3.8, 4) is 0 Å². The summed E-state index contributed by atoms with van der Waals surface area (Å²) in [4.78, 5) is 4.51. The van der Waals surface area contributed by atoms with Crippen molar-refractivity contribution in [2.45, 2.75) is 130 Å². The predicted molar refractivity (Wildman–Crippen MR) is 158 cm³/mol. The maximum absolute atomic E-state index is 11.6. The molecule has 1 saturated carbocycles. The Balaban J connectivity index is 1.49.